The van der Waals surface area contributed by atoms with Gasteiger partial charge in [-0.15, -0.1) is 11.3 Å². The number of halogens is 1. The van der Waals surface area contributed by atoms with E-state index in [-0.39, 0.29) is 17.7 Å². The van der Waals surface area contributed by atoms with E-state index in [0.29, 0.717) is 37.2 Å². The fraction of sp³-hybridized carbons (Fsp3) is 0.0870. The molecule has 0 aliphatic rings. The summed E-state index contributed by atoms with van der Waals surface area (Å²) in [6, 6.07) is 19.4. The summed E-state index contributed by atoms with van der Waals surface area (Å²) in [6.45, 7) is 1.93. The highest BCUT2D eigenvalue weighted by Crippen LogP contribution is 2.39. The number of ether oxygens (including phenoxy) is 1. The SMILES string of the molecule is CCOC(=O)c1sc2c(ccc(=O)n2-c2ccccc2)c1Nc1cccc(Cl)c1C#N. The largest absolute Gasteiger partial charge is 0.462 e. The lowest BCUT2D eigenvalue weighted by Gasteiger charge is -2.11. The second kappa shape index (κ2) is 8.64. The van der Waals surface area contributed by atoms with Crippen molar-refractivity contribution in [3.8, 4) is 11.8 Å². The summed E-state index contributed by atoms with van der Waals surface area (Å²) in [6.07, 6.45) is 0. The maximum atomic E-state index is 12.7. The van der Waals surface area contributed by atoms with Gasteiger partial charge in [-0.3, -0.25) is 9.36 Å². The maximum Gasteiger partial charge on any atom is 0.350 e. The normalized spacial score (nSPS) is 10.6. The summed E-state index contributed by atoms with van der Waals surface area (Å²) >= 11 is 7.32. The van der Waals surface area contributed by atoms with Crippen LogP contribution >= 0.6 is 22.9 Å². The molecule has 2 aromatic heterocycles. The fourth-order valence-corrected chi connectivity index (χ4v) is 4.63. The Kier molecular flexibility index (Phi) is 5.76. The Morgan fingerprint density at radius 2 is 1.94 bits per heavy atom. The molecule has 2 aromatic carbocycles. The Hall–Kier alpha value is -3.60. The van der Waals surface area contributed by atoms with Gasteiger partial charge in [-0.05, 0) is 37.3 Å². The maximum absolute atomic E-state index is 12.7. The van der Waals surface area contributed by atoms with Gasteiger partial charge in [0, 0.05) is 11.5 Å². The van der Waals surface area contributed by atoms with Gasteiger partial charge < -0.3 is 10.1 Å². The van der Waals surface area contributed by atoms with Crippen molar-refractivity contribution >= 4 is 50.5 Å². The van der Waals surface area contributed by atoms with Gasteiger partial charge in [0.05, 0.1) is 34.3 Å². The molecule has 0 fully saturated rings. The zero-order valence-corrected chi connectivity index (χ0v) is 18.0. The van der Waals surface area contributed by atoms with Crippen molar-refractivity contribution in [3.05, 3.63) is 86.5 Å². The number of rotatable bonds is 5. The van der Waals surface area contributed by atoms with Crippen molar-refractivity contribution in [2.45, 2.75) is 6.92 Å². The van der Waals surface area contributed by atoms with Crippen molar-refractivity contribution in [1.82, 2.24) is 4.57 Å². The lowest BCUT2D eigenvalue weighted by molar-refractivity contribution is 0.0533. The van der Waals surface area contributed by atoms with Crippen LogP contribution in [-0.4, -0.2) is 17.1 Å². The van der Waals surface area contributed by atoms with Gasteiger partial charge in [-0.2, -0.15) is 5.26 Å². The van der Waals surface area contributed by atoms with Gasteiger partial charge in [0.2, 0.25) is 0 Å². The third-order valence-electron chi connectivity index (χ3n) is 4.60. The number of hydrogen-bond donors (Lipinski definition) is 1. The monoisotopic (exact) mass is 449 g/mol. The number of nitriles is 1. The van der Waals surface area contributed by atoms with E-state index in [1.165, 1.54) is 6.07 Å². The number of benzene rings is 2. The average molecular weight is 450 g/mol. The molecule has 0 unspecified atom stereocenters. The second-order valence-electron chi connectivity index (χ2n) is 6.49. The molecule has 0 bridgehead atoms. The van der Waals surface area contributed by atoms with E-state index in [2.05, 4.69) is 11.4 Å². The fourth-order valence-electron chi connectivity index (χ4n) is 3.24. The standard InChI is InChI=1S/C23H16ClN3O3S/c1-2-30-23(29)21-20(26-18-10-6-9-17(24)16(18)13-25)15-11-12-19(28)27(22(15)31-21)14-7-4-3-5-8-14/h3-12,26H,2H2,1H3. The first-order valence-electron chi connectivity index (χ1n) is 9.42. The van der Waals surface area contributed by atoms with Crippen LogP contribution in [0.3, 0.4) is 0 Å². The Bertz CT molecular complexity index is 1390. The number of thiophene rings is 1. The Labute approximate surface area is 186 Å². The Morgan fingerprint density at radius 3 is 2.65 bits per heavy atom. The van der Waals surface area contributed by atoms with Crippen molar-refractivity contribution in [2.24, 2.45) is 0 Å². The first kappa shape index (κ1) is 20.7. The molecule has 8 heteroatoms. The number of hydrogen-bond acceptors (Lipinski definition) is 6. The van der Waals surface area contributed by atoms with E-state index in [1.807, 2.05) is 30.3 Å². The summed E-state index contributed by atoms with van der Waals surface area (Å²) < 4.78 is 6.80. The van der Waals surface area contributed by atoms with E-state index in [9.17, 15) is 14.9 Å². The lowest BCUT2D eigenvalue weighted by atomic mass is 10.1. The van der Waals surface area contributed by atoms with Gasteiger partial charge in [-0.1, -0.05) is 35.9 Å². The highest BCUT2D eigenvalue weighted by Gasteiger charge is 2.23. The number of carbonyl (C=O) groups is 1. The number of nitrogens with one attached hydrogen (secondary N) is 1. The van der Waals surface area contributed by atoms with Gasteiger partial charge in [-0.25, -0.2) is 4.79 Å². The number of anilines is 2. The van der Waals surface area contributed by atoms with Crippen LogP contribution in [-0.2, 0) is 4.74 Å². The van der Waals surface area contributed by atoms with Crippen molar-refractivity contribution in [3.63, 3.8) is 0 Å². The van der Waals surface area contributed by atoms with E-state index in [0.717, 1.165) is 11.3 Å². The van der Waals surface area contributed by atoms with Crippen LogP contribution in [0.1, 0.15) is 22.2 Å². The molecule has 0 radical (unpaired) electrons. The first-order chi connectivity index (χ1) is 15.0. The molecular formula is C23H16ClN3O3S. The zero-order valence-electron chi connectivity index (χ0n) is 16.4. The topological polar surface area (TPSA) is 84.1 Å². The molecule has 31 heavy (non-hydrogen) atoms. The van der Waals surface area contributed by atoms with Gasteiger partial charge in [0.25, 0.3) is 5.56 Å². The third-order valence-corrected chi connectivity index (χ3v) is 6.09. The van der Waals surface area contributed by atoms with E-state index in [1.54, 1.807) is 35.8 Å². The molecule has 0 aliphatic carbocycles. The number of carbonyl (C=O) groups excluding carboxylic acids is 1. The molecule has 4 aromatic rings. The highest BCUT2D eigenvalue weighted by atomic mass is 35.5. The summed E-state index contributed by atoms with van der Waals surface area (Å²) in [7, 11) is 0. The summed E-state index contributed by atoms with van der Waals surface area (Å²) in [5.74, 6) is -0.515. The van der Waals surface area contributed by atoms with Crippen LogP contribution in [0.2, 0.25) is 5.02 Å². The lowest BCUT2D eigenvalue weighted by Crippen LogP contribution is -2.16. The molecule has 1 N–H and O–H groups in total. The molecule has 0 spiro atoms. The summed E-state index contributed by atoms with van der Waals surface area (Å²) in [5.41, 5.74) is 1.64. The molecular weight excluding hydrogens is 434 g/mol. The van der Waals surface area contributed by atoms with Crippen LogP contribution in [0.15, 0.2) is 65.5 Å². The molecule has 0 amide bonds. The summed E-state index contributed by atoms with van der Waals surface area (Å²) in [4.78, 5) is 26.4. The minimum absolute atomic E-state index is 0.207. The number of fused-ring (bicyclic) bond motifs is 1. The average Bonchev–Trinajstić information content (AvgIpc) is 3.13. The summed E-state index contributed by atoms with van der Waals surface area (Å²) in [5, 5.41) is 13.7. The molecule has 0 saturated heterocycles. The third kappa shape index (κ3) is 3.79. The van der Waals surface area contributed by atoms with Crippen LogP contribution in [0.5, 0.6) is 0 Å². The highest BCUT2D eigenvalue weighted by molar-refractivity contribution is 7.21. The van der Waals surface area contributed by atoms with Crippen LogP contribution in [0.25, 0.3) is 15.9 Å². The molecule has 0 atom stereocenters. The molecule has 6 nitrogen and oxygen atoms in total. The van der Waals surface area contributed by atoms with Crippen molar-refractivity contribution < 1.29 is 9.53 Å². The smallest absolute Gasteiger partial charge is 0.350 e. The Morgan fingerprint density at radius 1 is 1.16 bits per heavy atom. The number of esters is 1. The van der Waals surface area contributed by atoms with Crippen LogP contribution in [0, 0.1) is 11.3 Å². The number of pyridine rings is 1. The second-order valence-corrected chi connectivity index (χ2v) is 7.89. The number of nitrogens with zero attached hydrogens (tertiary/aromatic N) is 2. The van der Waals surface area contributed by atoms with Gasteiger partial charge >= 0.3 is 5.97 Å². The minimum Gasteiger partial charge on any atom is -0.462 e. The van der Waals surface area contributed by atoms with Crippen molar-refractivity contribution in [1.29, 1.82) is 5.26 Å². The Balaban J connectivity index is 1.99. The molecule has 0 saturated carbocycles. The minimum atomic E-state index is -0.515. The predicted octanol–water partition coefficient (Wildman–Crippen LogP) is 5.50. The molecule has 4 rings (SSSR count). The first-order valence-corrected chi connectivity index (χ1v) is 10.6. The quantitative estimate of drug-likeness (QED) is 0.407. The number of para-hydroxylation sites is 1. The molecule has 0 aliphatic heterocycles. The van der Waals surface area contributed by atoms with Gasteiger partial charge in [0.1, 0.15) is 15.8 Å². The molecule has 154 valence electrons. The predicted molar refractivity (Wildman–Crippen MR) is 123 cm³/mol. The van der Waals surface area contributed by atoms with E-state index >= 15 is 0 Å². The van der Waals surface area contributed by atoms with E-state index in [4.69, 9.17) is 16.3 Å². The number of aromatic nitrogens is 1. The van der Waals surface area contributed by atoms with Crippen LogP contribution in [0.4, 0.5) is 11.4 Å². The zero-order chi connectivity index (χ0) is 22.0. The van der Waals surface area contributed by atoms with Crippen molar-refractivity contribution in [2.75, 3.05) is 11.9 Å². The van der Waals surface area contributed by atoms with E-state index < -0.39 is 5.97 Å². The van der Waals surface area contributed by atoms with Crippen LogP contribution < -0.4 is 10.9 Å². The molecule has 2 heterocycles. The van der Waals surface area contributed by atoms with Gasteiger partial charge in [0.15, 0.2) is 0 Å².